The number of allylic oxidation sites excluding steroid dienone is 4. The summed E-state index contributed by atoms with van der Waals surface area (Å²) in [6.45, 7) is 7.27. The minimum absolute atomic E-state index is 0.756. The van der Waals surface area contributed by atoms with Crippen LogP contribution in [0.5, 0.6) is 0 Å². The van der Waals surface area contributed by atoms with Crippen LogP contribution in [0.3, 0.4) is 0 Å². The molecule has 0 saturated carbocycles. The van der Waals surface area contributed by atoms with E-state index in [0.717, 1.165) is 5.92 Å². The molecule has 0 bridgehead atoms. The Morgan fingerprint density at radius 1 is 1.10 bits per heavy atom. The predicted molar refractivity (Wildman–Crippen MR) is 49.9 cm³/mol. The molecule has 0 unspecified atom stereocenters. The van der Waals surface area contributed by atoms with Crippen LogP contribution in [-0.4, -0.2) is 8.07 Å². The Balaban J connectivity index is 2.40. The van der Waals surface area contributed by atoms with Crippen molar-refractivity contribution in [3.05, 3.63) is 24.3 Å². The van der Waals surface area contributed by atoms with Crippen molar-refractivity contribution in [3.8, 4) is 0 Å². The minimum atomic E-state index is -0.825. The zero-order valence-electron chi connectivity index (χ0n) is 7.09. The van der Waals surface area contributed by atoms with Gasteiger partial charge in [0.25, 0.3) is 0 Å². The molecule has 0 aromatic heterocycles. The van der Waals surface area contributed by atoms with E-state index in [1.165, 1.54) is 6.04 Å². The molecule has 0 heterocycles. The van der Waals surface area contributed by atoms with E-state index in [-0.39, 0.29) is 0 Å². The molecule has 1 heteroatoms. The van der Waals surface area contributed by atoms with Crippen LogP contribution in [0.1, 0.15) is 0 Å². The molecule has 10 heavy (non-hydrogen) atoms. The van der Waals surface area contributed by atoms with Gasteiger partial charge in [0.2, 0.25) is 0 Å². The molecule has 0 radical (unpaired) electrons. The minimum Gasteiger partial charge on any atom is -0.0779 e. The summed E-state index contributed by atoms with van der Waals surface area (Å²) >= 11 is 0. The van der Waals surface area contributed by atoms with E-state index in [1.807, 2.05) is 0 Å². The van der Waals surface area contributed by atoms with E-state index in [0.29, 0.717) is 0 Å². The predicted octanol–water partition coefficient (Wildman–Crippen LogP) is 3.07. The van der Waals surface area contributed by atoms with Gasteiger partial charge in [-0.05, 0) is 12.0 Å². The highest BCUT2D eigenvalue weighted by Gasteiger charge is 2.17. The SMILES string of the molecule is C[Si](C)(C)CC1C=CC=C1. The van der Waals surface area contributed by atoms with E-state index >= 15 is 0 Å². The van der Waals surface area contributed by atoms with E-state index in [2.05, 4.69) is 43.9 Å². The Hall–Kier alpha value is -0.303. The van der Waals surface area contributed by atoms with E-state index in [9.17, 15) is 0 Å². The highest BCUT2D eigenvalue weighted by molar-refractivity contribution is 6.76. The van der Waals surface area contributed by atoms with Crippen LogP contribution in [-0.2, 0) is 0 Å². The van der Waals surface area contributed by atoms with Crippen LogP contribution >= 0.6 is 0 Å². The van der Waals surface area contributed by atoms with Crippen LogP contribution in [0.4, 0.5) is 0 Å². The molecule has 56 valence electrons. The number of rotatable bonds is 2. The molecule has 0 amide bonds. The van der Waals surface area contributed by atoms with Crippen LogP contribution in [0, 0.1) is 5.92 Å². The Labute approximate surface area is 64.7 Å². The van der Waals surface area contributed by atoms with Gasteiger partial charge in [-0.15, -0.1) is 0 Å². The molecule has 0 fully saturated rings. The lowest BCUT2D eigenvalue weighted by Crippen LogP contribution is -2.21. The van der Waals surface area contributed by atoms with Crippen molar-refractivity contribution in [1.29, 1.82) is 0 Å². The van der Waals surface area contributed by atoms with Gasteiger partial charge in [-0.3, -0.25) is 0 Å². The second kappa shape index (κ2) is 2.75. The molecule has 0 aliphatic heterocycles. The summed E-state index contributed by atoms with van der Waals surface area (Å²) in [4.78, 5) is 0. The standard InChI is InChI=1S/C9H16Si/c1-10(2,3)8-9-6-4-5-7-9/h4-7,9H,8H2,1-3H3. The van der Waals surface area contributed by atoms with Gasteiger partial charge in [0.05, 0.1) is 0 Å². The van der Waals surface area contributed by atoms with Gasteiger partial charge in [0.15, 0.2) is 0 Å². The molecule has 0 spiro atoms. The van der Waals surface area contributed by atoms with E-state index in [4.69, 9.17) is 0 Å². The fourth-order valence-electron chi connectivity index (χ4n) is 1.32. The smallest absolute Gasteiger partial charge is 0.0451 e. The molecular weight excluding hydrogens is 136 g/mol. The van der Waals surface area contributed by atoms with Gasteiger partial charge in [-0.1, -0.05) is 43.9 Å². The van der Waals surface area contributed by atoms with Crippen LogP contribution in [0.25, 0.3) is 0 Å². The number of hydrogen-bond acceptors (Lipinski definition) is 0. The maximum atomic E-state index is 2.42. The Morgan fingerprint density at radius 2 is 1.60 bits per heavy atom. The van der Waals surface area contributed by atoms with Gasteiger partial charge in [0.1, 0.15) is 0 Å². The van der Waals surface area contributed by atoms with Crippen molar-refractivity contribution in [2.45, 2.75) is 25.7 Å². The quantitative estimate of drug-likeness (QED) is 0.533. The summed E-state index contributed by atoms with van der Waals surface area (Å²) < 4.78 is 0. The normalized spacial score (nSPS) is 18.7. The third kappa shape index (κ3) is 2.52. The lowest BCUT2D eigenvalue weighted by molar-refractivity contribution is 0.927. The molecule has 0 aromatic rings. The summed E-state index contributed by atoms with van der Waals surface area (Å²) in [5.74, 6) is 0.756. The van der Waals surface area contributed by atoms with Crippen molar-refractivity contribution in [1.82, 2.24) is 0 Å². The van der Waals surface area contributed by atoms with Crippen molar-refractivity contribution in [2.24, 2.45) is 5.92 Å². The van der Waals surface area contributed by atoms with Crippen LogP contribution < -0.4 is 0 Å². The first kappa shape index (κ1) is 7.80. The first-order chi connectivity index (χ1) is 4.58. The Bertz CT molecular complexity index is 148. The average molecular weight is 152 g/mol. The van der Waals surface area contributed by atoms with Crippen molar-refractivity contribution < 1.29 is 0 Å². The second-order valence-electron chi connectivity index (χ2n) is 4.20. The average Bonchev–Trinajstić information content (AvgIpc) is 2.12. The zero-order valence-corrected chi connectivity index (χ0v) is 8.09. The van der Waals surface area contributed by atoms with Crippen molar-refractivity contribution in [2.75, 3.05) is 0 Å². The van der Waals surface area contributed by atoms with Crippen LogP contribution in [0.2, 0.25) is 25.7 Å². The Kier molecular flexibility index (Phi) is 2.14. The largest absolute Gasteiger partial charge is 0.0779 e. The highest BCUT2D eigenvalue weighted by atomic mass is 28.3. The Morgan fingerprint density at radius 3 is 2.00 bits per heavy atom. The van der Waals surface area contributed by atoms with Gasteiger partial charge in [-0.25, -0.2) is 0 Å². The highest BCUT2D eigenvalue weighted by Crippen LogP contribution is 2.21. The van der Waals surface area contributed by atoms with E-state index in [1.54, 1.807) is 0 Å². The summed E-state index contributed by atoms with van der Waals surface area (Å²) in [6, 6.07) is 1.40. The fraction of sp³-hybridized carbons (Fsp3) is 0.556. The molecule has 0 N–H and O–H groups in total. The first-order valence-corrected chi connectivity index (χ1v) is 7.64. The lowest BCUT2D eigenvalue weighted by Gasteiger charge is -2.18. The molecule has 0 atom stereocenters. The summed E-state index contributed by atoms with van der Waals surface area (Å²) in [5.41, 5.74) is 0. The first-order valence-electron chi connectivity index (χ1n) is 3.93. The fourth-order valence-corrected chi connectivity index (χ4v) is 3.01. The van der Waals surface area contributed by atoms with Gasteiger partial charge < -0.3 is 0 Å². The second-order valence-corrected chi connectivity index (χ2v) is 9.73. The summed E-state index contributed by atoms with van der Waals surface area (Å²) in [5, 5.41) is 0. The molecule has 0 aromatic carbocycles. The monoisotopic (exact) mass is 152 g/mol. The zero-order chi connectivity index (χ0) is 7.61. The van der Waals surface area contributed by atoms with E-state index < -0.39 is 8.07 Å². The maximum absolute atomic E-state index is 2.42. The van der Waals surface area contributed by atoms with Gasteiger partial charge in [-0.2, -0.15) is 0 Å². The number of hydrogen-bond donors (Lipinski definition) is 0. The maximum Gasteiger partial charge on any atom is 0.0451 e. The van der Waals surface area contributed by atoms with Crippen molar-refractivity contribution in [3.63, 3.8) is 0 Å². The summed E-state index contributed by atoms with van der Waals surface area (Å²) in [6.07, 6.45) is 8.92. The lowest BCUT2D eigenvalue weighted by atomic mass is 10.2. The summed E-state index contributed by atoms with van der Waals surface area (Å²) in [7, 11) is -0.825. The van der Waals surface area contributed by atoms with Crippen LogP contribution in [0.15, 0.2) is 24.3 Å². The molecule has 0 saturated heterocycles. The molecule has 0 nitrogen and oxygen atoms in total. The third-order valence-electron chi connectivity index (χ3n) is 1.68. The molecule has 1 aliphatic rings. The van der Waals surface area contributed by atoms with Gasteiger partial charge in [0, 0.05) is 8.07 Å². The van der Waals surface area contributed by atoms with Gasteiger partial charge >= 0.3 is 0 Å². The third-order valence-corrected chi connectivity index (χ3v) is 3.37. The molecular formula is C9H16Si. The van der Waals surface area contributed by atoms with Crippen molar-refractivity contribution >= 4 is 8.07 Å². The molecule has 1 rings (SSSR count). The molecule has 1 aliphatic carbocycles. The topological polar surface area (TPSA) is 0 Å².